The molecular weight excluding hydrogens is 393 g/mol. The van der Waals surface area contributed by atoms with Gasteiger partial charge in [0.1, 0.15) is 23.7 Å². The van der Waals surface area contributed by atoms with Crippen molar-refractivity contribution in [3.63, 3.8) is 0 Å². The van der Waals surface area contributed by atoms with Crippen LogP contribution in [0.1, 0.15) is 16.8 Å². The highest BCUT2D eigenvalue weighted by Crippen LogP contribution is 2.37. The van der Waals surface area contributed by atoms with Crippen molar-refractivity contribution in [2.75, 3.05) is 12.9 Å². The minimum atomic E-state index is -4.55. The van der Waals surface area contributed by atoms with Crippen LogP contribution in [0.15, 0.2) is 11.4 Å². The molecule has 0 bridgehead atoms. The average molecular weight is 419 g/mol. The first-order valence-electron chi connectivity index (χ1n) is 8.54. The number of rotatable bonds is 7. The number of thioether (sulfide) groups is 1. The van der Waals surface area contributed by atoms with E-state index in [4.69, 9.17) is 4.74 Å². The predicted molar refractivity (Wildman–Crippen MR) is 104 cm³/mol. The first-order chi connectivity index (χ1) is 12.4. The number of ether oxygens (including phenoxy) is 1. The van der Waals surface area contributed by atoms with E-state index < -0.39 is 19.8 Å². The summed E-state index contributed by atoms with van der Waals surface area (Å²) in [5.74, 6) is 0. The molecule has 10 heteroatoms. The summed E-state index contributed by atoms with van der Waals surface area (Å²) in [4.78, 5) is 7.86. The van der Waals surface area contributed by atoms with Gasteiger partial charge in [0.15, 0.2) is 5.16 Å². The highest BCUT2D eigenvalue weighted by atomic mass is 32.2. The van der Waals surface area contributed by atoms with Crippen molar-refractivity contribution >= 4 is 19.8 Å². The van der Waals surface area contributed by atoms with E-state index in [1.165, 1.54) is 11.8 Å². The summed E-state index contributed by atoms with van der Waals surface area (Å²) in [7, 11) is -1.21. The molecule has 0 atom stereocenters. The van der Waals surface area contributed by atoms with Crippen LogP contribution in [0.25, 0.3) is 11.4 Å². The van der Waals surface area contributed by atoms with Crippen LogP contribution < -0.4 is 0 Å². The number of alkyl halides is 3. The number of halogens is 3. The lowest BCUT2D eigenvalue weighted by atomic mass is 10.1. The van der Waals surface area contributed by atoms with E-state index in [-0.39, 0.29) is 23.3 Å². The lowest BCUT2D eigenvalue weighted by Gasteiger charge is -2.15. The SMILES string of the molecule is CSc1ncc(C(F)(F)F)c(-c2nn(COCC[Si](C)(C)C)c(C)c2C)n1. The van der Waals surface area contributed by atoms with Crippen LogP contribution >= 0.6 is 11.8 Å². The molecular formula is C17H25F3N4OSSi. The van der Waals surface area contributed by atoms with Gasteiger partial charge >= 0.3 is 6.18 Å². The Morgan fingerprint density at radius 2 is 1.85 bits per heavy atom. The van der Waals surface area contributed by atoms with E-state index in [0.717, 1.165) is 17.9 Å². The van der Waals surface area contributed by atoms with E-state index in [1.54, 1.807) is 17.9 Å². The van der Waals surface area contributed by atoms with Crippen molar-refractivity contribution in [1.29, 1.82) is 0 Å². The molecule has 0 unspecified atom stereocenters. The highest BCUT2D eigenvalue weighted by Gasteiger charge is 2.36. The van der Waals surface area contributed by atoms with E-state index in [1.807, 2.05) is 6.92 Å². The molecule has 150 valence electrons. The molecule has 2 rings (SSSR count). The molecule has 0 aromatic carbocycles. The molecule has 0 aliphatic heterocycles. The standard InChI is InChI=1S/C17H25F3N4OSSi/c1-11-12(2)24(10-25-7-8-27(4,5)6)23-14(11)15-13(17(18,19)20)9-21-16(22-15)26-3/h9H,7-8,10H2,1-6H3. The molecule has 0 radical (unpaired) electrons. The normalized spacial score (nSPS) is 12.6. The van der Waals surface area contributed by atoms with Gasteiger partial charge in [-0.05, 0) is 31.7 Å². The van der Waals surface area contributed by atoms with Gasteiger partial charge in [0.2, 0.25) is 0 Å². The van der Waals surface area contributed by atoms with Crippen molar-refractivity contribution in [1.82, 2.24) is 19.7 Å². The van der Waals surface area contributed by atoms with Gasteiger partial charge in [0.25, 0.3) is 0 Å². The van der Waals surface area contributed by atoms with Gasteiger partial charge < -0.3 is 4.74 Å². The molecule has 0 saturated heterocycles. The maximum absolute atomic E-state index is 13.4. The Hall–Kier alpha value is -1.39. The largest absolute Gasteiger partial charge is 0.420 e. The molecule has 0 aliphatic rings. The number of nitrogens with zero attached hydrogens (tertiary/aromatic N) is 4. The molecule has 2 aromatic rings. The van der Waals surface area contributed by atoms with Gasteiger partial charge in [-0.2, -0.15) is 18.3 Å². The fourth-order valence-electron chi connectivity index (χ4n) is 2.37. The maximum atomic E-state index is 13.4. The van der Waals surface area contributed by atoms with Crippen molar-refractivity contribution in [2.24, 2.45) is 0 Å². The van der Waals surface area contributed by atoms with Gasteiger partial charge in [-0.25, -0.2) is 14.6 Å². The van der Waals surface area contributed by atoms with Crippen LogP contribution in [0.4, 0.5) is 13.2 Å². The van der Waals surface area contributed by atoms with Crippen LogP contribution in [0.3, 0.4) is 0 Å². The topological polar surface area (TPSA) is 52.8 Å². The maximum Gasteiger partial charge on any atom is 0.420 e. The van der Waals surface area contributed by atoms with E-state index in [0.29, 0.717) is 12.2 Å². The minimum absolute atomic E-state index is 0.191. The van der Waals surface area contributed by atoms with Gasteiger partial charge in [-0.3, -0.25) is 0 Å². The van der Waals surface area contributed by atoms with Gasteiger partial charge in [-0.1, -0.05) is 31.4 Å². The Labute approximate surface area is 162 Å². The minimum Gasteiger partial charge on any atom is -0.360 e. The summed E-state index contributed by atoms with van der Waals surface area (Å²) in [6, 6.07) is 1.01. The molecule has 2 aromatic heterocycles. The van der Waals surface area contributed by atoms with Crippen LogP contribution in [0, 0.1) is 13.8 Å². The van der Waals surface area contributed by atoms with Crippen LogP contribution in [0.2, 0.25) is 25.7 Å². The Bertz CT molecular complexity index is 803. The lowest BCUT2D eigenvalue weighted by molar-refractivity contribution is -0.137. The highest BCUT2D eigenvalue weighted by molar-refractivity contribution is 7.98. The Morgan fingerprint density at radius 1 is 1.19 bits per heavy atom. The molecule has 0 fully saturated rings. The zero-order valence-electron chi connectivity index (χ0n) is 16.4. The van der Waals surface area contributed by atoms with Gasteiger partial charge in [-0.15, -0.1) is 0 Å². The van der Waals surface area contributed by atoms with Crippen LogP contribution in [-0.4, -0.2) is 40.7 Å². The van der Waals surface area contributed by atoms with Crippen molar-refractivity contribution < 1.29 is 17.9 Å². The molecule has 27 heavy (non-hydrogen) atoms. The number of hydrogen-bond acceptors (Lipinski definition) is 5. The average Bonchev–Trinajstić information content (AvgIpc) is 2.84. The fraction of sp³-hybridized carbons (Fsp3) is 0.588. The van der Waals surface area contributed by atoms with Crippen molar-refractivity contribution in [3.05, 3.63) is 23.0 Å². The Kier molecular flexibility index (Phi) is 6.75. The molecule has 0 amide bonds. The first kappa shape index (κ1) is 21.9. The summed E-state index contributed by atoms with van der Waals surface area (Å²) in [5, 5.41) is 4.64. The molecule has 2 heterocycles. The van der Waals surface area contributed by atoms with Gasteiger partial charge in [0, 0.05) is 26.6 Å². The molecule has 0 saturated carbocycles. The van der Waals surface area contributed by atoms with Gasteiger partial charge in [0.05, 0.1) is 0 Å². The monoisotopic (exact) mass is 418 g/mol. The zero-order chi connectivity index (χ0) is 20.4. The van der Waals surface area contributed by atoms with Crippen LogP contribution in [0.5, 0.6) is 0 Å². The number of hydrogen-bond donors (Lipinski definition) is 0. The second kappa shape index (κ2) is 8.32. The second-order valence-corrected chi connectivity index (χ2v) is 13.9. The first-order valence-corrected chi connectivity index (χ1v) is 13.5. The van der Waals surface area contributed by atoms with Crippen molar-refractivity contribution in [2.45, 2.75) is 57.6 Å². The molecule has 0 N–H and O–H groups in total. The Balaban J connectivity index is 2.35. The zero-order valence-corrected chi connectivity index (χ0v) is 18.3. The third-order valence-electron chi connectivity index (χ3n) is 4.19. The predicted octanol–water partition coefficient (Wildman–Crippen LogP) is 5.01. The van der Waals surface area contributed by atoms with E-state index >= 15 is 0 Å². The second-order valence-electron chi connectivity index (χ2n) is 7.52. The fourth-order valence-corrected chi connectivity index (χ4v) is 3.47. The third kappa shape index (κ3) is 5.55. The van der Waals surface area contributed by atoms with Crippen molar-refractivity contribution in [3.8, 4) is 11.4 Å². The lowest BCUT2D eigenvalue weighted by Crippen LogP contribution is -2.22. The quantitative estimate of drug-likeness (QED) is 0.274. The summed E-state index contributed by atoms with van der Waals surface area (Å²) in [6.45, 7) is 11.2. The van der Waals surface area contributed by atoms with E-state index in [9.17, 15) is 13.2 Å². The molecule has 5 nitrogen and oxygen atoms in total. The summed E-state index contributed by atoms with van der Waals surface area (Å²) in [6.07, 6.45) is -2.01. The molecule has 0 aliphatic carbocycles. The van der Waals surface area contributed by atoms with E-state index in [2.05, 4.69) is 34.7 Å². The number of aromatic nitrogens is 4. The Morgan fingerprint density at radius 3 is 2.41 bits per heavy atom. The molecule has 0 spiro atoms. The summed E-state index contributed by atoms with van der Waals surface area (Å²) < 4.78 is 47.6. The summed E-state index contributed by atoms with van der Waals surface area (Å²) >= 11 is 1.19. The van der Waals surface area contributed by atoms with Crippen LogP contribution in [-0.2, 0) is 17.6 Å². The smallest absolute Gasteiger partial charge is 0.360 e. The third-order valence-corrected chi connectivity index (χ3v) is 6.46. The summed E-state index contributed by atoms with van der Waals surface area (Å²) in [5.41, 5.74) is 0.554.